The fraction of sp³-hybridized carbons (Fsp3) is 0.714. The normalized spacial score (nSPS) is 23.1. The van der Waals surface area contributed by atoms with E-state index in [9.17, 15) is 4.79 Å². The lowest BCUT2D eigenvalue weighted by Crippen LogP contribution is -2.23. The zero-order chi connectivity index (χ0) is 13.7. The van der Waals surface area contributed by atoms with Gasteiger partial charge >= 0.3 is 0 Å². The van der Waals surface area contributed by atoms with Crippen molar-refractivity contribution in [3.8, 4) is 0 Å². The van der Waals surface area contributed by atoms with Gasteiger partial charge in [-0.1, -0.05) is 19.8 Å². The fourth-order valence-corrected chi connectivity index (χ4v) is 2.56. The number of hydrogen-bond acceptors (Lipinski definition) is 3. The molecule has 0 saturated heterocycles. The summed E-state index contributed by atoms with van der Waals surface area (Å²) in [6.45, 7) is 3.63. The van der Waals surface area contributed by atoms with Crippen LogP contribution in [-0.2, 0) is 11.3 Å². The molecule has 0 spiro atoms. The molecule has 1 aromatic heterocycles. The van der Waals surface area contributed by atoms with Gasteiger partial charge in [-0.2, -0.15) is 5.10 Å². The van der Waals surface area contributed by atoms with Gasteiger partial charge in [-0.15, -0.1) is 0 Å². The van der Waals surface area contributed by atoms with Gasteiger partial charge in [-0.05, 0) is 24.7 Å². The highest BCUT2D eigenvalue weighted by Crippen LogP contribution is 2.28. The maximum Gasteiger partial charge on any atom is 0.241 e. The predicted octanol–water partition coefficient (Wildman–Crippen LogP) is 1.87. The van der Waals surface area contributed by atoms with Crippen molar-refractivity contribution < 1.29 is 4.79 Å². The minimum atomic E-state index is -0.0316. The minimum absolute atomic E-state index is 0.0316. The summed E-state index contributed by atoms with van der Waals surface area (Å²) in [4.78, 5) is 11.2. The summed E-state index contributed by atoms with van der Waals surface area (Å²) < 4.78 is 1.66. The summed E-state index contributed by atoms with van der Waals surface area (Å²) in [5, 5.41) is 10.2. The molecule has 5 nitrogen and oxygen atoms in total. The molecule has 0 atom stereocenters. The van der Waals surface area contributed by atoms with Gasteiger partial charge in [0.15, 0.2) is 0 Å². The second-order valence-corrected chi connectivity index (χ2v) is 5.61. The first-order valence-corrected chi connectivity index (χ1v) is 7.14. The highest BCUT2D eigenvalue weighted by Gasteiger charge is 2.17. The number of rotatable bonds is 5. The van der Waals surface area contributed by atoms with E-state index in [1.807, 2.05) is 6.20 Å². The van der Waals surface area contributed by atoms with Crippen LogP contribution in [0.25, 0.3) is 0 Å². The summed E-state index contributed by atoms with van der Waals surface area (Å²) >= 11 is 0. The van der Waals surface area contributed by atoms with Crippen molar-refractivity contribution in [1.29, 1.82) is 0 Å². The van der Waals surface area contributed by atoms with Crippen molar-refractivity contribution >= 4 is 11.6 Å². The fourth-order valence-electron chi connectivity index (χ4n) is 2.56. The first-order valence-electron chi connectivity index (χ1n) is 7.14. The standard InChI is InChI=1S/C14H24N4O/c1-11-3-5-12(6-4-11)7-16-13-8-17-18(9-13)10-14(19)15-2/h8-9,11-12,16H,3-7,10H2,1-2H3,(H,15,19). The molecular weight excluding hydrogens is 240 g/mol. The van der Waals surface area contributed by atoms with Crippen LogP contribution in [0.5, 0.6) is 0 Å². The van der Waals surface area contributed by atoms with Crippen molar-refractivity contribution in [1.82, 2.24) is 15.1 Å². The summed E-state index contributed by atoms with van der Waals surface area (Å²) in [7, 11) is 1.63. The van der Waals surface area contributed by atoms with E-state index in [1.54, 1.807) is 17.9 Å². The number of nitrogens with one attached hydrogen (secondary N) is 2. The Labute approximate surface area is 114 Å². The third-order valence-electron chi connectivity index (χ3n) is 3.95. The maximum absolute atomic E-state index is 11.2. The van der Waals surface area contributed by atoms with Crippen molar-refractivity contribution in [2.24, 2.45) is 11.8 Å². The predicted molar refractivity (Wildman–Crippen MR) is 75.9 cm³/mol. The van der Waals surface area contributed by atoms with Crippen LogP contribution in [-0.4, -0.2) is 29.3 Å². The Hall–Kier alpha value is -1.52. The van der Waals surface area contributed by atoms with E-state index in [1.165, 1.54) is 25.7 Å². The summed E-state index contributed by atoms with van der Waals surface area (Å²) in [5.41, 5.74) is 1.00. The monoisotopic (exact) mass is 264 g/mol. The Morgan fingerprint density at radius 2 is 2.16 bits per heavy atom. The zero-order valence-electron chi connectivity index (χ0n) is 11.9. The smallest absolute Gasteiger partial charge is 0.241 e. The second-order valence-electron chi connectivity index (χ2n) is 5.61. The Morgan fingerprint density at radius 3 is 2.84 bits per heavy atom. The third-order valence-corrected chi connectivity index (χ3v) is 3.95. The quantitative estimate of drug-likeness (QED) is 0.853. The molecule has 1 amide bonds. The first kappa shape index (κ1) is 13.9. The van der Waals surface area contributed by atoms with Gasteiger partial charge in [-0.3, -0.25) is 9.48 Å². The number of aromatic nitrogens is 2. The van der Waals surface area contributed by atoms with E-state index in [0.29, 0.717) is 0 Å². The molecule has 1 aliphatic carbocycles. The molecule has 5 heteroatoms. The van der Waals surface area contributed by atoms with Crippen LogP contribution in [0.3, 0.4) is 0 Å². The minimum Gasteiger partial charge on any atom is -0.382 e. The number of hydrogen-bond donors (Lipinski definition) is 2. The molecule has 1 saturated carbocycles. The molecule has 1 aliphatic rings. The summed E-state index contributed by atoms with van der Waals surface area (Å²) in [5.74, 6) is 1.64. The topological polar surface area (TPSA) is 59.0 Å². The second kappa shape index (κ2) is 6.59. The van der Waals surface area contributed by atoms with Crippen LogP contribution in [0.2, 0.25) is 0 Å². The van der Waals surface area contributed by atoms with Crippen LogP contribution < -0.4 is 10.6 Å². The van der Waals surface area contributed by atoms with Crippen molar-refractivity contribution in [2.75, 3.05) is 18.9 Å². The van der Waals surface area contributed by atoms with Crippen molar-refractivity contribution in [2.45, 2.75) is 39.2 Å². The molecular formula is C14H24N4O. The third kappa shape index (κ3) is 4.26. The molecule has 0 aliphatic heterocycles. The van der Waals surface area contributed by atoms with E-state index in [0.717, 1.165) is 24.1 Å². The lowest BCUT2D eigenvalue weighted by Gasteiger charge is -2.26. The summed E-state index contributed by atoms with van der Waals surface area (Å²) in [6, 6.07) is 0. The van der Waals surface area contributed by atoms with Gasteiger partial charge in [0.25, 0.3) is 0 Å². The number of likely N-dealkylation sites (N-methyl/N-ethyl adjacent to an activating group) is 1. The van der Waals surface area contributed by atoms with E-state index in [4.69, 9.17) is 0 Å². The van der Waals surface area contributed by atoms with E-state index < -0.39 is 0 Å². The molecule has 1 heterocycles. The molecule has 19 heavy (non-hydrogen) atoms. The van der Waals surface area contributed by atoms with E-state index >= 15 is 0 Å². The average molecular weight is 264 g/mol. The van der Waals surface area contributed by atoms with Crippen LogP contribution in [0.1, 0.15) is 32.6 Å². The maximum atomic E-state index is 11.2. The van der Waals surface area contributed by atoms with Gasteiger partial charge in [0.05, 0.1) is 11.9 Å². The number of carbonyl (C=O) groups excluding carboxylic acids is 1. The van der Waals surface area contributed by atoms with Crippen molar-refractivity contribution in [3.63, 3.8) is 0 Å². The SMILES string of the molecule is CNC(=O)Cn1cc(NCC2CCC(C)CC2)cn1. The molecule has 0 radical (unpaired) electrons. The number of nitrogens with zero attached hydrogens (tertiary/aromatic N) is 2. The van der Waals surface area contributed by atoms with Crippen molar-refractivity contribution in [3.05, 3.63) is 12.4 Å². The highest BCUT2D eigenvalue weighted by atomic mass is 16.1. The molecule has 0 aromatic carbocycles. The van der Waals surface area contributed by atoms with Crippen LogP contribution in [0, 0.1) is 11.8 Å². The Bertz CT molecular complexity index is 407. The average Bonchev–Trinajstić information content (AvgIpc) is 2.85. The molecule has 1 aromatic rings. The van der Waals surface area contributed by atoms with E-state index in [2.05, 4.69) is 22.7 Å². The zero-order valence-corrected chi connectivity index (χ0v) is 11.9. The largest absolute Gasteiger partial charge is 0.382 e. The highest BCUT2D eigenvalue weighted by molar-refractivity contribution is 5.75. The first-order chi connectivity index (χ1) is 9.17. The van der Waals surface area contributed by atoms with Gasteiger partial charge in [0, 0.05) is 19.8 Å². The molecule has 2 N–H and O–H groups in total. The van der Waals surface area contributed by atoms with Gasteiger partial charge < -0.3 is 10.6 Å². The van der Waals surface area contributed by atoms with Gasteiger partial charge in [0.2, 0.25) is 5.91 Å². The van der Waals surface area contributed by atoms with Gasteiger partial charge in [-0.25, -0.2) is 0 Å². The Morgan fingerprint density at radius 1 is 1.42 bits per heavy atom. The van der Waals surface area contributed by atoms with Crippen LogP contribution in [0.15, 0.2) is 12.4 Å². The Kier molecular flexibility index (Phi) is 4.82. The number of amides is 1. The molecule has 0 unspecified atom stereocenters. The molecule has 2 rings (SSSR count). The molecule has 1 fully saturated rings. The lowest BCUT2D eigenvalue weighted by atomic mass is 9.83. The number of anilines is 1. The molecule has 106 valence electrons. The number of carbonyl (C=O) groups is 1. The van der Waals surface area contributed by atoms with Crippen LogP contribution in [0.4, 0.5) is 5.69 Å². The lowest BCUT2D eigenvalue weighted by molar-refractivity contribution is -0.121. The molecule has 0 bridgehead atoms. The Balaban J connectivity index is 1.75. The summed E-state index contributed by atoms with van der Waals surface area (Å²) in [6.07, 6.45) is 9.01. The van der Waals surface area contributed by atoms with Gasteiger partial charge in [0.1, 0.15) is 6.54 Å². The van der Waals surface area contributed by atoms with E-state index in [-0.39, 0.29) is 12.5 Å². The van der Waals surface area contributed by atoms with Crippen LogP contribution >= 0.6 is 0 Å².